The van der Waals surface area contributed by atoms with Crippen molar-refractivity contribution in [3.05, 3.63) is 29.8 Å². The molecule has 9 heteroatoms. The molecule has 1 aliphatic heterocycles. The van der Waals surface area contributed by atoms with E-state index in [-0.39, 0.29) is 12.5 Å². The number of rotatable bonds is 4. The number of aromatic nitrogens is 3. The molecule has 1 N–H and O–H groups in total. The van der Waals surface area contributed by atoms with Gasteiger partial charge in [-0.25, -0.2) is 14.2 Å². The number of halogens is 2. The summed E-state index contributed by atoms with van der Waals surface area (Å²) >= 11 is 6.18. The Hall–Kier alpha value is -2.35. The van der Waals surface area contributed by atoms with Crippen molar-refractivity contribution >= 4 is 23.4 Å². The third kappa shape index (κ3) is 5.41. The predicted octanol–water partition coefficient (Wildman–Crippen LogP) is 4.62. The van der Waals surface area contributed by atoms with Gasteiger partial charge in [0.15, 0.2) is 0 Å². The maximum atomic E-state index is 14.6. The highest BCUT2D eigenvalue weighted by molar-refractivity contribution is 6.29. The van der Waals surface area contributed by atoms with Crippen molar-refractivity contribution in [1.29, 1.82) is 0 Å². The lowest BCUT2D eigenvalue weighted by molar-refractivity contribution is 0.0466. The number of anilines is 1. The van der Waals surface area contributed by atoms with E-state index in [1.165, 1.54) is 0 Å². The van der Waals surface area contributed by atoms with Crippen LogP contribution in [0, 0.1) is 0 Å². The summed E-state index contributed by atoms with van der Waals surface area (Å²) in [5.41, 5.74) is 1.95. The fraction of sp³-hybridized carbons (Fsp3) is 0.571. The van der Waals surface area contributed by atoms with Crippen molar-refractivity contribution in [2.75, 3.05) is 18.0 Å². The van der Waals surface area contributed by atoms with Gasteiger partial charge in [-0.15, -0.1) is 0 Å². The molecule has 7 nitrogen and oxygen atoms in total. The first kappa shape index (κ1) is 22.3. The Bertz CT molecular complexity index is 896. The van der Waals surface area contributed by atoms with Crippen LogP contribution in [0.1, 0.15) is 47.1 Å². The van der Waals surface area contributed by atoms with Crippen LogP contribution in [0.25, 0.3) is 11.1 Å². The second kappa shape index (κ2) is 8.79. The highest BCUT2D eigenvalue weighted by atomic mass is 35.5. The van der Waals surface area contributed by atoms with Gasteiger partial charge >= 0.3 is 6.09 Å². The predicted molar refractivity (Wildman–Crippen MR) is 116 cm³/mol. The highest BCUT2D eigenvalue weighted by Crippen LogP contribution is 2.34. The van der Waals surface area contributed by atoms with Gasteiger partial charge in [0.2, 0.25) is 0 Å². The first-order chi connectivity index (χ1) is 14.0. The molecule has 0 spiro atoms. The van der Waals surface area contributed by atoms with Crippen molar-refractivity contribution in [2.24, 2.45) is 0 Å². The minimum atomic E-state index is -1.15. The molecule has 0 bridgehead atoms. The Morgan fingerprint density at radius 2 is 2.10 bits per heavy atom. The van der Waals surface area contributed by atoms with Gasteiger partial charge in [-0.05, 0) is 47.1 Å². The van der Waals surface area contributed by atoms with Crippen LogP contribution in [0.3, 0.4) is 0 Å². The van der Waals surface area contributed by atoms with Gasteiger partial charge in [0, 0.05) is 48.3 Å². The zero-order valence-corrected chi connectivity index (χ0v) is 18.8. The lowest BCUT2D eigenvalue weighted by Gasteiger charge is -2.37. The molecule has 1 aliphatic rings. The topological polar surface area (TPSA) is 72.3 Å². The molecular formula is C21H29ClFN5O2. The van der Waals surface area contributed by atoms with Crippen molar-refractivity contribution in [3.8, 4) is 11.1 Å². The van der Waals surface area contributed by atoms with Crippen LogP contribution in [-0.2, 0) is 4.74 Å². The summed E-state index contributed by atoms with van der Waals surface area (Å²) in [6, 6.07) is 1.31. The van der Waals surface area contributed by atoms with Crippen LogP contribution < -0.4 is 10.2 Å². The van der Waals surface area contributed by atoms with E-state index in [4.69, 9.17) is 16.3 Å². The molecule has 3 heterocycles. The summed E-state index contributed by atoms with van der Waals surface area (Å²) < 4.78 is 21.7. The molecule has 2 aromatic heterocycles. The SMILES string of the molecule is CC(C)n1cc(-c2cnc(Cl)cc2N2CC[C@@H](F)[C@H](NC(=O)OC(C)(C)C)C2)cn1. The average molecular weight is 438 g/mol. The van der Waals surface area contributed by atoms with Crippen LogP contribution >= 0.6 is 11.6 Å². The number of nitrogens with zero attached hydrogens (tertiary/aromatic N) is 4. The molecule has 1 fully saturated rings. The number of amides is 1. The molecule has 0 aliphatic carbocycles. The summed E-state index contributed by atoms with van der Waals surface area (Å²) in [6.07, 6.45) is 3.95. The maximum Gasteiger partial charge on any atom is 0.408 e. The van der Waals surface area contributed by atoms with Crippen LogP contribution in [0.2, 0.25) is 5.15 Å². The monoisotopic (exact) mass is 437 g/mol. The number of piperidine rings is 1. The van der Waals surface area contributed by atoms with E-state index in [2.05, 4.69) is 29.2 Å². The van der Waals surface area contributed by atoms with E-state index in [0.29, 0.717) is 18.2 Å². The second-order valence-electron chi connectivity index (χ2n) is 8.83. The number of carbonyl (C=O) groups excluding carboxylic acids is 1. The third-order valence-corrected chi connectivity index (χ3v) is 5.07. The van der Waals surface area contributed by atoms with E-state index >= 15 is 0 Å². The van der Waals surface area contributed by atoms with Crippen LogP contribution in [-0.4, -0.2) is 51.8 Å². The highest BCUT2D eigenvalue weighted by Gasteiger charge is 2.33. The Kier molecular flexibility index (Phi) is 6.55. The lowest BCUT2D eigenvalue weighted by atomic mass is 10.0. The molecular weight excluding hydrogens is 409 g/mol. The summed E-state index contributed by atoms with van der Waals surface area (Å²) in [6.45, 7) is 10.2. The zero-order valence-electron chi connectivity index (χ0n) is 18.0. The molecule has 164 valence electrons. The Labute approximate surface area is 181 Å². The number of nitrogens with one attached hydrogen (secondary N) is 1. The number of carbonyl (C=O) groups is 1. The number of hydrogen-bond acceptors (Lipinski definition) is 5. The normalized spacial score (nSPS) is 19.8. The Morgan fingerprint density at radius 3 is 2.73 bits per heavy atom. The smallest absolute Gasteiger partial charge is 0.408 e. The van der Waals surface area contributed by atoms with Gasteiger partial charge in [-0.1, -0.05) is 11.6 Å². The van der Waals surface area contributed by atoms with E-state index < -0.39 is 23.9 Å². The molecule has 2 aromatic rings. The molecule has 30 heavy (non-hydrogen) atoms. The summed E-state index contributed by atoms with van der Waals surface area (Å²) in [5.74, 6) is 0. The van der Waals surface area contributed by atoms with E-state index in [1.54, 1.807) is 39.2 Å². The molecule has 2 atom stereocenters. The van der Waals surface area contributed by atoms with Crippen molar-refractivity contribution in [3.63, 3.8) is 0 Å². The quantitative estimate of drug-likeness (QED) is 0.706. The number of alkyl halides is 1. The third-order valence-electron chi connectivity index (χ3n) is 4.86. The van der Waals surface area contributed by atoms with Gasteiger partial charge in [-0.2, -0.15) is 5.10 Å². The Morgan fingerprint density at radius 1 is 1.37 bits per heavy atom. The molecule has 0 aromatic carbocycles. The fourth-order valence-corrected chi connectivity index (χ4v) is 3.55. The lowest BCUT2D eigenvalue weighted by Crippen LogP contribution is -2.54. The van der Waals surface area contributed by atoms with Gasteiger partial charge in [0.05, 0.1) is 12.2 Å². The first-order valence-corrected chi connectivity index (χ1v) is 10.5. The van der Waals surface area contributed by atoms with E-state index in [9.17, 15) is 9.18 Å². The zero-order chi connectivity index (χ0) is 22.1. The summed E-state index contributed by atoms with van der Waals surface area (Å²) in [5, 5.41) is 7.43. The van der Waals surface area contributed by atoms with Crippen molar-refractivity contribution in [2.45, 2.75) is 64.9 Å². The van der Waals surface area contributed by atoms with Gasteiger partial charge in [-0.3, -0.25) is 4.68 Å². The van der Waals surface area contributed by atoms with Crippen LogP contribution in [0.4, 0.5) is 14.9 Å². The largest absolute Gasteiger partial charge is 0.444 e. The van der Waals surface area contributed by atoms with Crippen LogP contribution in [0.15, 0.2) is 24.7 Å². The standard InChI is InChI=1S/C21H29ClFN5O2/c1-13(2)28-11-14(9-25-28)15-10-24-19(22)8-18(15)27-7-6-16(23)17(12-27)26-20(29)30-21(3,4)5/h8-11,13,16-17H,6-7,12H2,1-5H3,(H,26,29)/t16-,17-/m1/s1. The number of pyridine rings is 1. The molecule has 3 rings (SSSR count). The molecule has 0 saturated carbocycles. The van der Waals surface area contributed by atoms with E-state index in [0.717, 1.165) is 16.8 Å². The number of hydrogen-bond donors (Lipinski definition) is 1. The second-order valence-corrected chi connectivity index (χ2v) is 9.22. The molecule has 1 saturated heterocycles. The van der Waals surface area contributed by atoms with E-state index in [1.807, 2.05) is 15.8 Å². The molecule has 1 amide bonds. The van der Waals surface area contributed by atoms with Gasteiger partial charge in [0.25, 0.3) is 0 Å². The fourth-order valence-electron chi connectivity index (χ4n) is 3.40. The number of ether oxygens (including phenoxy) is 1. The summed E-state index contributed by atoms with van der Waals surface area (Å²) in [4.78, 5) is 18.4. The van der Waals surface area contributed by atoms with Crippen molar-refractivity contribution < 1.29 is 13.9 Å². The average Bonchev–Trinajstić information content (AvgIpc) is 3.12. The minimum absolute atomic E-state index is 0.229. The minimum Gasteiger partial charge on any atom is -0.444 e. The Balaban J connectivity index is 1.84. The maximum absolute atomic E-state index is 14.6. The van der Waals surface area contributed by atoms with Crippen molar-refractivity contribution in [1.82, 2.24) is 20.1 Å². The molecule has 0 radical (unpaired) electrons. The number of alkyl carbamates (subject to hydrolysis) is 1. The van der Waals surface area contributed by atoms with Gasteiger partial charge < -0.3 is 15.0 Å². The van der Waals surface area contributed by atoms with Gasteiger partial charge in [0.1, 0.15) is 16.9 Å². The first-order valence-electron chi connectivity index (χ1n) is 10.1. The van der Waals surface area contributed by atoms with Crippen LogP contribution in [0.5, 0.6) is 0 Å². The summed E-state index contributed by atoms with van der Waals surface area (Å²) in [7, 11) is 0. The molecule has 0 unspecified atom stereocenters.